The molecule has 7 nitrogen and oxygen atoms in total. The number of amides is 3. The lowest BCUT2D eigenvalue weighted by Crippen LogP contribution is -2.43. The topological polar surface area (TPSA) is 98.7 Å². The number of carboxylic acids is 1. The summed E-state index contributed by atoms with van der Waals surface area (Å²) in [6.07, 6.45) is -0.0516. The molecule has 8 heteroatoms. The van der Waals surface area contributed by atoms with Gasteiger partial charge in [-0.05, 0) is 12.6 Å². The summed E-state index contributed by atoms with van der Waals surface area (Å²) in [6.45, 7) is 0.537. The predicted molar refractivity (Wildman–Crippen MR) is 83.8 cm³/mol. The highest BCUT2D eigenvalue weighted by Gasteiger charge is 2.11. The molecule has 3 amide bonds. The number of urea groups is 1. The summed E-state index contributed by atoms with van der Waals surface area (Å²) in [5.74, 6) is -1.41. The van der Waals surface area contributed by atoms with Crippen molar-refractivity contribution >= 4 is 30.3 Å². The van der Waals surface area contributed by atoms with E-state index in [1.807, 2.05) is 30.3 Å². The largest absolute Gasteiger partial charge is 0.481 e. The van der Waals surface area contributed by atoms with E-state index in [1.54, 1.807) is 7.05 Å². The van der Waals surface area contributed by atoms with E-state index >= 15 is 0 Å². The van der Waals surface area contributed by atoms with Crippen LogP contribution >= 0.6 is 12.4 Å². The lowest BCUT2D eigenvalue weighted by Gasteiger charge is -2.14. The molecule has 1 aromatic rings. The Labute approximate surface area is 135 Å². The van der Waals surface area contributed by atoms with Gasteiger partial charge in [-0.2, -0.15) is 0 Å². The quantitative estimate of drug-likeness (QED) is 0.688. The summed E-state index contributed by atoms with van der Waals surface area (Å²) in [6, 6.07) is 8.74. The molecular weight excluding hydrogens is 310 g/mol. The number of aliphatic carboxylic acids is 1. The maximum Gasteiger partial charge on any atom is 0.321 e. The smallest absolute Gasteiger partial charge is 0.321 e. The van der Waals surface area contributed by atoms with Crippen molar-refractivity contribution in [3.05, 3.63) is 35.9 Å². The molecule has 0 fully saturated rings. The van der Waals surface area contributed by atoms with Crippen molar-refractivity contribution in [1.82, 2.24) is 15.5 Å². The van der Waals surface area contributed by atoms with E-state index < -0.39 is 17.9 Å². The van der Waals surface area contributed by atoms with Crippen LogP contribution < -0.4 is 10.6 Å². The Balaban J connectivity index is 0.00000441. The van der Waals surface area contributed by atoms with E-state index in [4.69, 9.17) is 5.11 Å². The van der Waals surface area contributed by atoms with Crippen LogP contribution in [0.1, 0.15) is 12.0 Å². The van der Waals surface area contributed by atoms with Crippen LogP contribution in [0.5, 0.6) is 0 Å². The Morgan fingerprint density at radius 1 is 1.18 bits per heavy atom. The van der Waals surface area contributed by atoms with Crippen molar-refractivity contribution in [3.63, 3.8) is 0 Å². The Morgan fingerprint density at radius 2 is 1.82 bits per heavy atom. The second-order valence-electron chi connectivity index (χ2n) is 4.60. The van der Waals surface area contributed by atoms with Gasteiger partial charge in [0, 0.05) is 13.1 Å². The first kappa shape index (κ1) is 19.9. The number of carbonyl (C=O) groups is 3. The Kier molecular flexibility index (Phi) is 9.56. The summed E-state index contributed by atoms with van der Waals surface area (Å²) in [5.41, 5.74) is 0.929. The highest BCUT2D eigenvalue weighted by Crippen LogP contribution is 1.96. The molecule has 0 heterocycles. The van der Waals surface area contributed by atoms with Crippen LogP contribution in [-0.2, 0) is 16.1 Å². The third-order valence-electron chi connectivity index (χ3n) is 2.67. The summed E-state index contributed by atoms with van der Waals surface area (Å²) in [5, 5.41) is 13.3. The van der Waals surface area contributed by atoms with E-state index in [0.29, 0.717) is 6.54 Å². The molecule has 122 valence electrons. The SMILES string of the molecule is CN(CCC(=O)O)CC(=O)NC(=O)NCc1ccccc1.Cl. The van der Waals surface area contributed by atoms with Gasteiger partial charge in [0.1, 0.15) is 0 Å². The van der Waals surface area contributed by atoms with Crippen LogP contribution in [0.2, 0.25) is 0 Å². The number of hydrogen-bond donors (Lipinski definition) is 3. The molecule has 0 atom stereocenters. The zero-order chi connectivity index (χ0) is 15.7. The molecule has 0 aliphatic rings. The van der Waals surface area contributed by atoms with Gasteiger partial charge in [-0.1, -0.05) is 30.3 Å². The number of benzene rings is 1. The van der Waals surface area contributed by atoms with Crippen LogP contribution in [0.4, 0.5) is 4.79 Å². The number of carboxylic acid groups (broad SMARTS) is 1. The van der Waals surface area contributed by atoms with Crippen molar-refractivity contribution in [2.24, 2.45) is 0 Å². The molecule has 0 saturated carbocycles. The summed E-state index contributed by atoms with van der Waals surface area (Å²) < 4.78 is 0. The monoisotopic (exact) mass is 329 g/mol. The fourth-order valence-corrected chi connectivity index (χ4v) is 1.60. The highest BCUT2D eigenvalue weighted by molar-refractivity contribution is 5.95. The van der Waals surface area contributed by atoms with Crippen LogP contribution in [0.15, 0.2) is 30.3 Å². The van der Waals surface area contributed by atoms with Gasteiger partial charge in [0.15, 0.2) is 0 Å². The van der Waals surface area contributed by atoms with E-state index in [1.165, 1.54) is 4.90 Å². The second-order valence-corrected chi connectivity index (χ2v) is 4.60. The first-order valence-corrected chi connectivity index (χ1v) is 6.49. The number of rotatable bonds is 7. The molecule has 22 heavy (non-hydrogen) atoms. The average molecular weight is 330 g/mol. The molecule has 0 spiro atoms. The lowest BCUT2D eigenvalue weighted by molar-refractivity contribution is -0.137. The van der Waals surface area contributed by atoms with Gasteiger partial charge in [0.25, 0.3) is 0 Å². The Morgan fingerprint density at radius 3 is 2.41 bits per heavy atom. The van der Waals surface area contributed by atoms with Gasteiger partial charge in [-0.25, -0.2) is 4.79 Å². The van der Waals surface area contributed by atoms with Crippen LogP contribution in [0.3, 0.4) is 0 Å². The Bertz CT molecular complexity index is 496. The van der Waals surface area contributed by atoms with Crippen LogP contribution in [0, 0.1) is 0 Å². The van der Waals surface area contributed by atoms with Crippen molar-refractivity contribution in [2.75, 3.05) is 20.1 Å². The molecule has 0 aliphatic heterocycles. The maximum absolute atomic E-state index is 11.6. The number of carbonyl (C=O) groups excluding carboxylic acids is 2. The van der Waals surface area contributed by atoms with Crippen molar-refractivity contribution in [1.29, 1.82) is 0 Å². The van der Waals surface area contributed by atoms with E-state index in [0.717, 1.165) is 5.56 Å². The number of halogens is 1. The van der Waals surface area contributed by atoms with Gasteiger partial charge in [-0.15, -0.1) is 12.4 Å². The number of nitrogens with zero attached hydrogens (tertiary/aromatic N) is 1. The molecular formula is C14H20ClN3O4. The molecule has 0 saturated heterocycles. The second kappa shape index (κ2) is 10.6. The summed E-state index contributed by atoms with van der Waals surface area (Å²) >= 11 is 0. The fraction of sp³-hybridized carbons (Fsp3) is 0.357. The lowest BCUT2D eigenvalue weighted by atomic mass is 10.2. The fourth-order valence-electron chi connectivity index (χ4n) is 1.60. The van der Waals surface area contributed by atoms with Crippen LogP contribution in [-0.4, -0.2) is 48.1 Å². The number of imide groups is 1. The zero-order valence-corrected chi connectivity index (χ0v) is 13.1. The van der Waals surface area contributed by atoms with Crippen molar-refractivity contribution in [3.8, 4) is 0 Å². The van der Waals surface area contributed by atoms with E-state index in [-0.39, 0.29) is 31.9 Å². The molecule has 0 bridgehead atoms. The van der Waals surface area contributed by atoms with Gasteiger partial charge in [0.05, 0.1) is 13.0 Å². The first-order valence-electron chi connectivity index (χ1n) is 6.49. The molecule has 0 aliphatic carbocycles. The van der Waals surface area contributed by atoms with Crippen LogP contribution in [0.25, 0.3) is 0 Å². The number of likely N-dealkylation sites (N-methyl/N-ethyl adjacent to an activating group) is 1. The minimum atomic E-state index is -0.928. The van der Waals surface area contributed by atoms with Gasteiger partial charge < -0.3 is 10.4 Å². The molecule has 3 N–H and O–H groups in total. The molecule has 0 unspecified atom stereocenters. The third-order valence-corrected chi connectivity index (χ3v) is 2.67. The molecule has 0 radical (unpaired) electrons. The van der Waals surface area contributed by atoms with E-state index in [2.05, 4.69) is 10.6 Å². The van der Waals surface area contributed by atoms with Crippen molar-refractivity contribution < 1.29 is 19.5 Å². The van der Waals surface area contributed by atoms with Gasteiger partial charge in [-0.3, -0.25) is 19.8 Å². The predicted octanol–water partition coefficient (Wildman–Crippen LogP) is 0.841. The summed E-state index contributed by atoms with van der Waals surface area (Å²) in [4.78, 5) is 35.0. The third kappa shape index (κ3) is 8.93. The summed E-state index contributed by atoms with van der Waals surface area (Å²) in [7, 11) is 1.62. The van der Waals surface area contributed by atoms with Gasteiger partial charge in [0.2, 0.25) is 5.91 Å². The minimum absolute atomic E-state index is 0. The average Bonchev–Trinajstić information content (AvgIpc) is 2.44. The zero-order valence-electron chi connectivity index (χ0n) is 12.2. The number of nitrogens with one attached hydrogen (secondary N) is 2. The minimum Gasteiger partial charge on any atom is -0.481 e. The highest BCUT2D eigenvalue weighted by atomic mass is 35.5. The molecule has 0 aromatic heterocycles. The van der Waals surface area contributed by atoms with Gasteiger partial charge >= 0.3 is 12.0 Å². The standard InChI is InChI=1S/C14H19N3O4.ClH/c1-17(8-7-13(19)20)10-12(18)16-14(21)15-9-11-5-3-2-4-6-11;/h2-6H,7-10H2,1H3,(H,19,20)(H2,15,16,18,21);1H. The Hall–Kier alpha value is -2.12. The molecule has 1 rings (SSSR count). The normalized spacial score (nSPS) is 9.73. The number of hydrogen-bond acceptors (Lipinski definition) is 4. The van der Waals surface area contributed by atoms with Crippen molar-refractivity contribution in [2.45, 2.75) is 13.0 Å². The maximum atomic E-state index is 11.6. The van der Waals surface area contributed by atoms with E-state index in [9.17, 15) is 14.4 Å². The first-order chi connectivity index (χ1) is 9.97. The molecule has 1 aromatic carbocycles.